The molecule has 19 atom stereocenters. The van der Waals surface area contributed by atoms with Gasteiger partial charge in [0.25, 0.3) is 0 Å². The second kappa shape index (κ2) is 14.3. The van der Waals surface area contributed by atoms with Crippen LogP contribution in [-0.4, -0.2) is 129 Å². The molecular weight excluding hydrogens is 700 g/mol. The molecule has 6 heterocycles. The van der Waals surface area contributed by atoms with Gasteiger partial charge in [0.1, 0.15) is 30.2 Å². The van der Waals surface area contributed by atoms with Crippen molar-refractivity contribution in [2.24, 2.45) is 22.7 Å². The molecule has 13 nitrogen and oxygen atoms in total. The zero-order valence-corrected chi connectivity index (χ0v) is 33.0. The second-order valence-corrected chi connectivity index (χ2v) is 18.0. The summed E-state index contributed by atoms with van der Waals surface area (Å²) in [7, 11) is 3.26. The Kier molecular flexibility index (Phi) is 10.1. The fourth-order valence-corrected chi connectivity index (χ4v) is 12.1. The molecule has 0 radical (unpaired) electrons. The van der Waals surface area contributed by atoms with Gasteiger partial charge in [-0.3, -0.25) is 0 Å². The second-order valence-electron chi connectivity index (χ2n) is 18.0. The lowest BCUT2D eigenvalue weighted by molar-refractivity contribution is -0.337. The van der Waals surface area contributed by atoms with Crippen molar-refractivity contribution >= 4 is 0 Å². The normalized spacial score (nSPS) is 54.0. The summed E-state index contributed by atoms with van der Waals surface area (Å²) in [6.45, 7) is 11.5. The standard InChI is InChI=1S/C41H62O13/c1-20-34(43)28(44-6)16-33(48-20)53-35-21(2)49-31(15-27(35)42)54-36-22(3)50-32(17-29(36)45-7)51-24-10-12-39(4)23(14-24)8-9-25-26(39)11-13-41-19-47-40(5)37(41)30(18-46-40)52-38(25)41/h8,20-22,24,26-37,42-43H,9-19H2,1-7H3/t20-,21+,22+,24-,26-,27-,28+,29+,30+,31-,32-,33-,34-,35+,36+,37+,39-,40+,41-/m0/s1. The molecule has 304 valence electrons. The Morgan fingerprint density at radius 1 is 0.778 bits per heavy atom. The van der Waals surface area contributed by atoms with Crippen LogP contribution in [0.5, 0.6) is 0 Å². The Morgan fingerprint density at radius 3 is 2.22 bits per heavy atom. The molecule has 0 aromatic heterocycles. The van der Waals surface area contributed by atoms with Crippen LogP contribution in [0.4, 0.5) is 0 Å². The topological polar surface area (TPSA) is 142 Å². The van der Waals surface area contributed by atoms with Crippen molar-refractivity contribution < 1.29 is 62.3 Å². The number of aliphatic hydroxyl groups is 2. The first-order valence-corrected chi connectivity index (χ1v) is 20.6. The molecule has 9 aliphatic rings. The van der Waals surface area contributed by atoms with Crippen molar-refractivity contribution in [3.8, 4) is 0 Å². The smallest absolute Gasteiger partial charge is 0.173 e. The third kappa shape index (κ3) is 6.18. The first-order valence-electron chi connectivity index (χ1n) is 20.6. The van der Waals surface area contributed by atoms with Crippen LogP contribution in [-0.2, 0) is 52.1 Å². The van der Waals surface area contributed by atoms with Crippen molar-refractivity contribution in [3.63, 3.8) is 0 Å². The van der Waals surface area contributed by atoms with Crippen LogP contribution in [0, 0.1) is 22.7 Å². The summed E-state index contributed by atoms with van der Waals surface area (Å²) in [6, 6.07) is 0. The molecule has 54 heavy (non-hydrogen) atoms. The van der Waals surface area contributed by atoms with Crippen molar-refractivity contribution in [2.45, 2.75) is 184 Å². The molecule has 0 unspecified atom stereocenters. The van der Waals surface area contributed by atoms with E-state index in [0.717, 1.165) is 38.5 Å². The van der Waals surface area contributed by atoms with Gasteiger partial charge in [-0.15, -0.1) is 0 Å². The van der Waals surface area contributed by atoms with E-state index in [1.54, 1.807) is 21.1 Å². The highest BCUT2D eigenvalue weighted by molar-refractivity contribution is 5.40. The molecule has 0 bridgehead atoms. The Labute approximate surface area is 319 Å². The van der Waals surface area contributed by atoms with Crippen LogP contribution in [0.15, 0.2) is 23.0 Å². The molecule has 9 rings (SSSR count). The SMILES string of the molecule is CO[C@@H]1C[C@H](O[C@H]2[C@@H](O)C[C@H](O[C@@H]3[C@@H](C)O[C@@H](O[C@H]4CC[C@@]5(C)C(=CCC6=C7O[C@@H]8CO[C@]9(C)OC[C@@]7(CC[C@@H]65)[C@H]89)C4)C[C@H]3OC)O[C@@H]2C)O[C@@H](C)[C@@H]1O. The minimum atomic E-state index is -0.844. The van der Waals surface area contributed by atoms with Crippen LogP contribution in [0.3, 0.4) is 0 Å². The number of hydrogen-bond acceptors (Lipinski definition) is 13. The minimum Gasteiger partial charge on any atom is -0.491 e. The van der Waals surface area contributed by atoms with Gasteiger partial charge in [-0.25, -0.2) is 0 Å². The van der Waals surface area contributed by atoms with Gasteiger partial charge in [0.15, 0.2) is 24.7 Å². The molecule has 7 fully saturated rings. The van der Waals surface area contributed by atoms with Crippen molar-refractivity contribution in [1.82, 2.24) is 0 Å². The van der Waals surface area contributed by atoms with Crippen molar-refractivity contribution in [3.05, 3.63) is 23.0 Å². The number of rotatable bonds is 8. The maximum atomic E-state index is 11.2. The molecule has 1 spiro atoms. The maximum Gasteiger partial charge on any atom is 0.173 e. The van der Waals surface area contributed by atoms with Crippen molar-refractivity contribution in [1.29, 1.82) is 0 Å². The van der Waals surface area contributed by atoms with E-state index in [9.17, 15) is 10.2 Å². The van der Waals surface area contributed by atoms with Crippen LogP contribution in [0.25, 0.3) is 0 Å². The highest BCUT2D eigenvalue weighted by Crippen LogP contribution is 2.68. The number of hydrogen-bond donors (Lipinski definition) is 2. The van der Waals surface area contributed by atoms with Gasteiger partial charge in [0, 0.05) is 33.5 Å². The van der Waals surface area contributed by atoms with E-state index in [4.69, 9.17) is 52.1 Å². The molecule has 3 aliphatic carbocycles. The third-order valence-electron chi connectivity index (χ3n) is 15.0. The number of ether oxygens (including phenoxy) is 11. The average molecular weight is 763 g/mol. The number of methoxy groups -OCH3 is 2. The van der Waals surface area contributed by atoms with E-state index in [2.05, 4.69) is 19.9 Å². The predicted octanol–water partition coefficient (Wildman–Crippen LogP) is 4.26. The highest BCUT2D eigenvalue weighted by atomic mass is 16.7. The van der Waals surface area contributed by atoms with Gasteiger partial charge in [-0.2, -0.15) is 0 Å². The monoisotopic (exact) mass is 762 g/mol. The van der Waals surface area contributed by atoms with Crippen LogP contribution < -0.4 is 0 Å². The Balaban J connectivity index is 0.799. The van der Waals surface area contributed by atoms with Gasteiger partial charge in [0.2, 0.25) is 0 Å². The van der Waals surface area contributed by atoms with E-state index in [1.807, 2.05) is 13.8 Å². The van der Waals surface area contributed by atoms with Gasteiger partial charge in [-0.05, 0) is 83.1 Å². The van der Waals surface area contributed by atoms with E-state index in [0.29, 0.717) is 37.9 Å². The molecule has 0 aromatic carbocycles. The van der Waals surface area contributed by atoms with Gasteiger partial charge in [0.05, 0.1) is 67.3 Å². The quantitative estimate of drug-likeness (QED) is 0.341. The largest absolute Gasteiger partial charge is 0.491 e. The summed E-state index contributed by atoms with van der Waals surface area (Å²) < 4.78 is 68.6. The Hall–Kier alpha value is -1.20. The minimum absolute atomic E-state index is 0.0279. The molecule has 6 saturated heterocycles. The molecule has 6 aliphatic heterocycles. The van der Waals surface area contributed by atoms with Crippen LogP contribution >= 0.6 is 0 Å². The predicted molar refractivity (Wildman–Crippen MR) is 191 cm³/mol. The number of fused-ring (bicyclic) bond motifs is 3. The van der Waals surface area contributed by atoms with E-state index < -0.39 is 67.4 Å². The molecular formula is C41H62O13. The Bertz CT molecular complexity index is 1460. The molecule has 0 amide bonds. The van der Waals surface area contributed by atoms with E-state index in [-0.39, 0.29) is 41.7 Å². The van der Waals surface area contributed by atoms with Gasteiger partial charge < -0.3 is 62.3 Å². The zero-order valence-electron chi connectivity index (χ0n) is 33.0. The lowest BCUT2D eigenvalue weighted by Gasteiger charge is -2.52. The van der Waals surface area contributed by atoms with Gasteiger partial charge in [-0.1, -0.05) is 18.6 Å². The number of aliphatic hydroxyl groups excluding tert-OH is 2. The Morgan fingerprint density at radius 2 is 1.46 bits per heavy atom. The van der Waals surface area contributed by atoms with E-state index in [1.165, 1.54) is 16.9 Å². The number of allylic oxidation sites excluding steroid dienone is 2. The summed E-state index contributed by atoms with van der Waals surface area (Å²) in [6.07, 6.45) is 3.61. The van der Waals surface area contributed by atoms with Crippen molar-refractivity contribution in [2.75, 3.05) is 27.4 Å². The van der Waals surface area contributed by atoms with Gasteiger partial charge >= 0.3 is 0 Å². The highest BCUT2D eigenvalue weighted by Gasteiger charge is 2.72. The molecule has 13 heteroatoms. The first kappa shape index (κ1) is 38.3. The lowest BCUT2D eigenvalue weighted by Crippen LogP contribution is -2.56. The lowest BCUT2D eigenvalue weighted by atomic mass is 9.52. The molecule has 0 aromatic rings. The van der Waals surface area contributed by atoms with E-state index >= 15 is 0 Å². The summed E-state index contributed by atoms with van der Waals surface area (Å²) >= 11 is 0. The summed E-state index contributed by atoms with van der Waals surface area (Å²) in [5.41, 5.74) is 3.09. The molecule has 2 N–H and O–H groups in total. The molecule has 1 saturated carbocycles. The summed E-state index contributed by atoms with van der Waals surface area (Å²) in [4.78, 5) is 0. The fourth-order valence-electron chi connectivity index (χ4n) is 12.1. The summed E-state index contributed by atoms with van der Waals surface area (Å²) in [5, 5.41) is 21.5. The van der Waals surface area contributed by atoms with Crippen LogP contribution in [0.2, 0.25) is 0 Å². The zero-order chi connectivity index (χ0) is 37.7. The van der Waals surface area contributed by atoms with Crippen LogP contribution in [0.1, 0.15) is 92.4 Å². The average Bonchev–Trinajstić information content (AvgIpc) is 3.77. The summed E-state index contributed by atoms with van der Waals surface area (Å²) in [5.74, 6) is 1.50. The fraction of sp³-hybridized carbons (Fsp3) is 0.902. The maximum absolute atomic E-state index is 11.2. The first-order chi connectivity index (χ1) is 25.9. The third-order valence-corrected chi connectivity index (χ3v) is 15.0.